The van der Waals surface area contributed by atoms with Gasteiger partial charge < -0.3 is 19.1 Å². The van der Waals surface area contributed by atoms with Crippen LogP contribution in [0.5, 0.6) is 5.75 Å². The van der Waals surface area contributed by atoms with E-state index in [0.717, 1.165) is 18.6 Å². The highest BCUT2D eigenvalue weighted by Gasteiger charge is 2.48. The second-order valence-electron chi connectivity index (χ2n) is 6.57. The molecule has 2 saturated heterocycles. The molecule has 1 aromatic rings. The number of rotatable bonds is 8. The van der Waals surface area contributed by atoms with Gasteiger partial charge in [0.1, 0.15) is 18.5 Å². The number of hydrogen-bond donors (Lipinski definition) is 0. The predicted molar refractivity (Wildman–Crippen MR) is 95.2 cm³/mol. The molecule has 2 aliphatic heterocycles. The minimum atomic E-state index is -0.272. The zero-order valence-corrected chi connectivity index (χ0v) is 15.3. The molecule has 1 aromatic carbocycles. The van der Waals surface area contributed by atoms with E-state index in [-0.39, 0.29) is 30.8 Å². The van der Waals surface area contributed by atoms with Crippen molar-refractivity contribution in [2.75, 3.05) is 40.0 Å². The highest BCUT2D eigenvalue weighted by Crippen LogP contribution is 2.27. The minimum Gasteiger partial charge on any atom is -0.497 e. The van der Waals surface area contributed by atoms with Crippen molar-refractivity contribution in [2.24, 2.45) is 0 Å². The van der Waals surface area contributed by atoms with Gasteiger partial charge in [0, 0.05) is 19.7 Å². The van der Waals surface area contributed by atoms with E-state index in [2.05, 4.69) is 0 Å². The summed E-state index contributed by atoms with van der Waals surface area (Å²) in [7, 11) is 1.65. The summed E-state index contributed by atoms with van der Waals surface area (Å²) >= 11 is 0. The second-order valence-corrected chi connectivity index (χ2v) is 6.57. The quantitative estimate of drug-likeness (QED) is 0.704. The topological polar surface area (TPSA) is 68.3 Å². The Bertz CT molecular complexity index is 633. The first-order valence-corrected chi connectivity index (χ1v) is 9.08. The predicted octanol–water partition coefficient (Wildman–Crippen LogP) is 1.70. The van der Waals surface area contributed by atoms with E-state index in [9.17, 15) is 9.59 Å². The van der Waals surface area contributed by atoms with Crippen LogP contribution in [0.1, 0.15) is 18.9 Å². The number of benzene rings is 1. The molecule has 2 fully saturated rings. The first kappa shape index (κ1) is 18.5. The largest absolute Gasteiger partial charge is 0.497 e. The third-order valence-electron chi connectivity index (χ3n) is 4.93. The molecule has 2 amide bonds. The molecule has 2 atom stereocenters. The van der Waals surface area contributed by atoms with Gasteiger partial charge in [-0.2, -0.15) is 0 Å². The van der Waals surface area contributed by atoms with Crippen molar-refractivity contribution >= 4 is 12.0 Å². The van der Waals surface area contributed by atoms with E-state index in [1.165, 1.54) is 5.56 Å². The number of ether oxygens (including phenoxy) is 3. The Labute approximate surface area is 153 Å². The average molecular weight is 362 g/mol. The molecule has 2 heterocycles. The number of aryl methyl sites for hydroxylation is 1. The number of hydrogen-bond acceptors (Lipinski definition) is 5. The second kappa shape index (κ2) is 8.40. The van der Waals surface area contributed by atoms with Gasteiger partial charge in [0.05, 0.1) is 19.7 Å². The van der Waals surface area contributed by atoms with Crippen molar-refractivity contribution in [2.45, 2.75) is 31.9 Å². The molecule has 142 valence electrons. The van der Waals surface area contributed by atoms with Crippen molar-refractivity contribution in [1.82, 2.24) is 9.80 Å². The zero-order chi connectivity index (χ0) is 18.5. The lowest BCUT2D eigenvalue weighted by molar-refractivity contribution is -0.135. The molecule has 0 unspecified atom stereocenters. The Balaban J connectivity index is 1.50. The molecular formula is C19H26N2O5. The van der Waals surface area contributed by atoms with Gasteiger partial charge in [0.15, 0.2) is 0 Å². The van der Waals surface area contributed by atoms with Crippen LogP contribution in [0.3, 0.4) is 0 Å². The molecule has 0 saturated carbocycles. The number of amides is 2. The lowest BCUT2D eigenvalue weighted by Crippen LogP contribution is -2.40. The van der Waals surface area contributed by atoms with Crippen LogP contribution in [-0.2, 0) is 20.7 Å². The fourth-order valence-electron chi connectivity index (χ4n) is 3.49. The molecule has 0 N–H and O–H groups in total. The molecule has 0 bridgehead atoms. The van der Waals surface area contributed by atoms with Gasteiger partial charge in [0.25, 0.3) is 0 Å². The van der Waals surface area contributed by atoms with Crippen molar-refractivity contribution in [3.8, 4) is 5.75 Å². The van der Waals surface area contributed by atoms with E-state index < -0.39 is 0 Å². The lowest BCUT2D eigenvalue weighted by Gasteiger charge is -2.22. The van der Waals surface area contributed by atoms with Crippen molar-refractivity contribution in [1.29, 1.82) is 0 Å². The number of likely N-dealkylation sites (tertiary alicyclic amines) is 1. The van der Waals surface area contributed by atoms with Crippen LogP contribution in [0.25, 0.3) is 0 Å². The maximum absolute atomic E-state index is 12.1. The summed E-state index contributed by atoms with van der Waals surface area (Å²) in [6, 6.07) is 7.90. The summed E-state index contributed by atoms with van der Waals surface area (Å²) in [6.45, 7) is 4.06. The molecule has 0 radical (unpaired) electrons. The van der Waals surface area contributed by atoms with Gasteiger partial charge in [-0.1, -0.05) is 12.1 Å². The number of fused-ring (bicyclic) bond motifs is 1. The Morgan fingerprint density at radius 2 is 2.04 bits per heavy atom. The molecular weight excluding hydrogens is 336 g/mol. The van der Waals surface area contributed by atoms with Crippen LogP contribution >= 0.6 is 0 Å². The fourth-order valence-corrected chi connectivity index (χ4v) is 3.49. The molecule has 26 heavy (non-hydrogen) atoms. The van der Waals surface area contributed by atoms with Crippen molar-refractivity contribution in [3.63, 3.8) is 0 Å². The van der Waals surface area contributed by atoms with Crippen molar-refractivity contribution < 1.29 is 23.8 Å². The summed E-state index contributed by atoms with van der Waals surface area (Å²) in [6.07, 6.45) is 1.22. The van der Waals surface area contributed by atoms with Gasteiger partial charge in [-0.15, -0.1) is 0 Å². The summed E-state index contributed by atoms with van der Waals surface area (Å²) in [5, 5.41) is 0. The Hall–Kier alpha value is -2.28. The number of carbonyl (C=O) groups excluding carboxylic acids is 2. The average Bonchev–Trinajstić information content (AvgIpc) is 3.18. The molecule has 0 aliphatic carbocycles. The van der Waals surface area contributed by atoms with E-state index in [4.69, 9.17) is 14.2 Å². The molecule has 0 aromatic heterocycles. The summed E-state index contributed by atoms with van der Waals surface area (Å²) in [5.41, 5.74) is 1.20. The van der Waals surface area contributed by atoms with Gasteiger partial charge in [-0.05, 0) is 37.5 Å². The van der Waals surface area contributed by atoms with Crippen LogP contribution < -0.4 is 4.74 Å². The molecule has 0 spiro atoms. The highest BCUT2D eigenvalue weighted by molar-refractivity contribution is 5.79. The molecule has 7 heteroatoms. The maximum atomic E-state index is 12.1. The van der Waals surface area contributed by atoms with Crippen LogP contribution in [0, 0.1) is 0 Å². The smallest absolute Gasteiger partial charge is 0.410 e. The van der Waals surface area contributed by atoms with E-state index in [0.29, 0.717) is 26.2 Å². The van der Waals surface area contributed by atoms with Gasteiger partial charge in [-0.3, -0.25) is 9.69 Å². The minimum absolute atomic E-state index is 0.0459. The molecule has 3 rings (SSSR count). The summed E-state index contributed by atoms with van der Waals surface area (Å²) in [4.78, 5) is 27.7. The zero-order valence-electron chi connectivity index (χ0n) is 15.3. The van der Waals surface area contributed by atoms with E-state index in [1.807, 2.05) is 31.2 Å². The lowest BCUT2D eigenvalue weighted by atomic mass is 10.1. The first-order valence-electron chi connectivity index (χ1n) is 9.08. The van der Waals surface area contributed by atoms with Crippen LogP contribution in [-0.4, -0.2) is 73.9 Å². The van der Waals surface area contributed by atoms with Gasteiger partial charge in [-0.25, -0.2) is 4.79 Å². The summed E-state index contributed by atoms with van der Waals surface area (Å²) in [5.74, 6) is 0.790. The first-order chi connectivity index (χ1) is 12.6. The van der Waals surface area contributed by atoms with E-state index >= 15 is 0 Å². The number of carbonyl (C=O) groups is 2. The third-order valence-corrected chi connectivity index (χ3v) is 4.93. The maximum Gasteiger partial charge on any atom is 0.410 e. The highest BCUT2D eigenvalue weighted by atomic mass is 16.6. The molecule has 2 aliphatic rings. The normalized spacial score (nSPS) is 21.7. The monoisotopic (exact) mass is 362 g/mol. The molecule has 7 nitrogen and oxygen atoms in total. The third kappa shape index (κ3) is 4.09. The van der Waals surface area contributed by atoms with Gasteiger partial charge >= 0.3 is 6.09 Å². The fraction of sp³-hybridized carbons (Fsp3) is 0.579. The Kier molecular flexibility index (Phi) is 5.98. The van der Waals surface area contributed by atoms with Crippen LogP contribution in [0.15, 0.2) is 24.3 Å². The standard InChI is InChI=1S/C19H26N2O5/c1-3-25-13-18(22)20-11-16-17(12-20)26-19(23)21(16)10-4-5-14-6-8-15(24-2)9-7-14/h6-9,16-17H,3-5,10-13H2,1-2H3/t16-,17+/m1/s1. The van der Waals surface area contributed by atoms with E-state index in [1.54, 1.807) is 16.9 Å². The Morgan fingerprint density at radius 1 is 1.27 bits per heavy atom. The van der Waals surface area contributed by atoms with Crippen LogP contribution in [0.2, 0.25) is 0 Å². The SMILES string of the molecule is CCOCC(=O)N1C[C@@H]2OC(=O)N(CCCc3ccc(OC)cc3)[C@@H]2C1. The van der Waals surface area contributed by atoms with Crippen LogP contribution in [0.4, 0.5) is 4.79 Å². The Morgan fingerprint density at radius 3 is 2.73 bits per heavy atom. The summed E-state index contributed by atoms with van der Waals surface area (Å²) < 4.78 is 15.8. The van der Waals surface area contributed by atoms with Gasteiger partial charge in [0.2, 0.25) is 5.91 Å². The number of nitrogens with zero attached hydrogens (tertiary/aromatic N) is 2. The van der Waals surface area contributed by atoms with Crippen molar-refractivity contribution in [3.05, 3.63) is 29.8 Å². The number of methoxy groups -OCH3 is 1.